The van der Waals surface area contributed by atoms with Gasteiger partial charge >= 0.3 is 0 Å². The van der Waals surface area contributed by atoms with Crippen LogP contribution in [0.4, 0.5) is 0 Å². The Morgan fingerprint density at radius 3 is 2.58 bits per heavy atom. The van der Waals surface area contributed by atoms with Gasteiger partial charge in [-0.2, -0.15) is 0 Å². The van der Waals surface area contributed by atoms with E-state index in [1.165, 1.54) is 10.9 Å². The van der Waals surface area contributed by atoms with E-state index in [-0.39, 0.29) is 3.86 Å². The number of para-hydroxylation sites is 1. The fourth-order valence-electron chi connectivity index (χ4n) is 1.27. The van der Waals surface area contributed by atoms with Crippen molar-refractivity contribution in [1.29, 1.82) is 0 Å². The molecule has 3 heteroatoms. The van der Waals surface area contributed by atoms with Crippen LogP contribution in [0.2, 0.25) is 0 Å². The molecular formula is C9H7Br2N. The molecule has 0 spiro atoms. The monoisotopic (exact) mass is 287 g/mol. The molecule has 1 heterocycles. The number of benzene rings is 1. The Bertz CT molecular complexity index is 392. The molecule has 0 amide bonds. The molecule has 1 aromatic carbocycles. The second kappa shape index (κ2) is 3.23. The summed E-state index contributed by atoms with van der Waals surface area (Å²) in [4.78, 5) is 0. The van der Waals surface area contributed by atoms with E-state index in [1.807, 2.05) is 12.1 Å². The third-order valence-corrected chi connectivity index (χ3v) is 2.72. The molecule has 0 bridgehead atoms. The van der Waals surface area contributed by atoms with Crippen LogP contribution in [0.3, 0.4) is 0 Å². The molecule has 1 nitrogen and oxygen atoms in total. The Balaban J connectivity index is 2.70. The molecule has 0 radical (unpaired) electrons. The van der Waals surface area contributed by atoms with Crippen LogP contribution in [0.1, 0.15) is 3.86 Å². The predicted octanol–water partition coefficient (Wildman–Crippen LogP) is 3.89. The first kappa shape index (κ1) is 8.32. The van der Waals surface area contributed by atoms with Gasteiger partial charge in [0.05, 0.1) is 0 Å². The average Bonchev–Trinajstić information content (AvgIpc) is 2.47. The number of hydrogen-bond donors (Lipinski definition) is 0. The molecule has 1 aromatic heterocycles. The van der Waals surface area contributed by atoms with E-state index in [0.717, 1.165) is 0 Å². The predicted molar refractivity (Wildman–Crippen MR) is 58.8 cm³/mol. The first-order chi connectivity index (χ1) is 5.79. The van der Waals surface area contributed by atoms with Crippen LogP contribution in [0.5, 0.6) is 0 Å². The Labute approximate surface area is 87.6 Å². The summed E-state index contributed by atoms with van der Waals surface area (Å²) in [5.74, 6) is 0. The van der Waals surface area contributed by atoms with Crippen LogP contribution >= 0.6 is 31.9 Å². The first-order valence-electron chi connectivity index (χ1n) is 3.63. The van der Waals surface area contributed by atoms with Crippen molar-refractivity contribution < 1.29 is 0 Å². The number of aromatic nitrogens is 1. The summed E-state index contributed by atoms with van der Waals surface area (Å²) in [6.07, 6.45) is 2.05. The van der Waals surface area contributed by atoms with E-state index in [2.05, 4.69) is 60.8 Å². The number of hydrogen-bond acceptors (Lipinski definition) is 0. The molecule has 0 N–H and O–H groups in total. The summed E-state index contributed by atoms with van der Waals surface area (Å²) in [5, 5.41) is 1.27. The van der Waals surface area contributed by atoms with E-state index >= 15 is 0 Å². The summed E-state index contributed by atoms with van der Waals surface area (Å²) in [5.41, 5.74) is 1.23. The van der Waals surface area contributed by atoms with Gasteiger partial charge in [0.15, 0.2) is 0 Å². The molecule has 2 aromatic rings. The fourth-order valence-corrected chi connectivity index (χ4v) is 1.99. The number of nitrogens with zero attached hydrogens (tertiary/aromatic N) is 1. The lowest BCUT2D eigenvalue weighted by molar-refractivity contribution is 0.946. The van der Waals surface area contributed by atoms with E-state index in [9.17, 15) is 0 Å². The first-order valence-corrected chi connectivity index (χ1v) is 5.46. The van der Waals surface area contributed by atoms with Gasteiger partial charge in [-0.15, -0.1) is 0 Å². The van der Waals surface area contributed by atoms with Gasteiger partial charge < -0.3 is 4.57 Å². The maximum absolute atomic E-state index is 3.46. The lowest BCUT2D eigenvalue weighted by Gasteiger charge is -2.04. The van der Waals surface area contributed by atoms with Gasteiger partial charge in [-0.3, -0.25) is 0 Å². The van der Waals surface area contributed by atoms with Crippen molar-refractivity contribution in [3.05, 3.63) is 36.5 Å². The van der Waals surface area contributed by atoms with Crippen molar-refractivity contribution >= 4 is 42.8 Å². The van der Waals surface area contributed by atoms with Crippen LogP contribution < -0.4 is 0 Å². The standard InChI is InChI=1S/C9H7Br2N/c10-9(11)12-6-5-7-3-1-2-4-8(7)12/h1-6,9H. The minimum Gasteiger partial charge on any atom is -0.325 e. The maximum atomic E-state index is 3.46. The van der Waals surface area contributed by atoms with Crippen LogP contribution in [0, 0.1) is 0 Å². The van der Waals surface area contributed by atoms with Gasteiger partial charge in [0.2, 0.25) is 0 Å². The highest BCUT2D eigenvalue weighted by molar-refractivity contribution is 9.24. The third-order valence-electron chi connectivity index (χ3n) is 1.84. The molecule has 62 valence electrons. The van der Waals surface area contributed by atoms with Crippen molar-refractivity contribution in [1.82, 2.24) is 4.57 Å². The SMILES string of the molecule is BrC(Br)n1ccc2ccccc21. The molecule has 0 aliphatic rings. The second-order valence-corrected chi connectivity index (χ2v) is 5.52. The summed E-state index contributed by atoms with van der Waals surface area (Å²) in [6, 6.07) is 10.4. The maximum Gasteiger partial charge on any atom is 0.144 e. The van der Waals surface area contributed by atoms with E-state index in [1.54, 1.807) is 0 Å². The number of alkyl halides is 2. The smallest absolute Gasteiger partial charge is 0.144 e. The topological polar surface area (TPSA) is 4.93 Å². The normalized spacial score (nSPS) is 11.2. The van der Waals surface area contributed by atoms with Crippen molar-refractivity contribution in [2.75, 3.05) is 0 Å². The highest BCUT2D eigenvalue weighted by Gasteiger charge is 2.03. The number of fused-ring (bicyclic) bond motifs is 1. The Morgan fingerprint density at radius 2 is 1.83 bits per heavy atom. The van der Waals surface area contributed by atoms with Crippen LogP contribution in [0.15, 0.2) is 36.5 Å². The molecule has 0 fully saturated rings. The summed E-state index contributed by atoms with van der Waals surface area (Å²) in [7, 11) is 0. The molecule has 0 aliphatic heterocycles. The van der Waals surface area contributed by atoms with Crippen LogP contribution in [-0.4, -0.2) is 4.57 Å². The van der Waals surface area contributed by atoms with Crippen molar-refractivity contribution in [3.63, 3.8) is 0 Å². The zero-order valence-electron chi connectivity index (χ0n) is 6.24. The lowest BCUT2D eigenvalue weighted by atomic mass is 10.2. The summed E-state index contributed by atoms with van der Waals surface area (Å²) in [6.45, 7) is 0. The molecule has 0 saturated heterocycles. The van der Waals surface area contributed by atoms with E-state index in [0.29, 0.717) is 0 Å². The van der Waals surface area contributed by atoms with E-state index < -0.39 is 0 Å². The fraction of sp³-hybridized carbons (Fsp3) is 0.111. The Hall–Kier alpha value is -0.280. The molecule has 2 rings (SSSR count). The van der Waals surface area contributed by atoms with Gasteiger partial charge in [0, 0.05) is 11.7 Å². The summed E-state index contributed by atoms with van der Waals surface area (Å²) < 4.78 is 2.29. The average molecular weight is 289 g/mol. The van der Waals surface area contributed by atoms with Gasteiger partial charge in [-0.05, 0) is 17.5 Å². The minimum absolute atomic E-state index is 0.171. The zero-order chi connectivity index (χ0) is 8.55. The molecule has 0 aliphatic carbocycles. The molecule has 0 unspecified atom stereocenters. The van der Waals surface area contributed by atoms with Crippen molar-refractivity contribution in [3.8, 4) is 0 Å². The molecular weight excluding hydrogens is 282 g/mol. The van der Waals surface area contributed by atoms with Crippen LogP contribution in [0.25, 0.3) is 10.9 Å². The lowest BCUT2D eigenvalue weighted by Crippen LogP contribution is -1.90. The molecule has 12 heavy (non-hydrogen) atoms. The molecule has 0 saturated carbocycles. The van der Waals surface area contributed by atoms with Crippen molar-refractivity contribution in [2.45, 2.75) is 3.86 Å². The van der Waals surface area contributed by atoms with Crippen molar-refractivity contribution in [2.24, 2.45) is 0 Å². The third kappa shape index (κ3) is 1.31. The van der Waals surface area contributed by atoms with Gasteiger partial charge in [0.1, 0.15) is 3.86 Å². The minimum atomic E-state index is 0.171. The summed E-state index contributed by atoms with van der Waals surface area (Å²) >= 11 is 6.92. The number of halogens is 2. The Kier molecular flexibility index (Phi) is 2.24. The van der Waals surface area contributed by atoms with Gasteiger partial charge in [-0.1, -0.05) is 50.1 Å². The van der Waals surface area contributed by atoms with Gasteiger partial charge in [-0.25, -0.2) is 0 Å². The second-order valence-electron chi connectivity index (χ2n) is 2.56. The zero-order valence-corrected chi connectivity index (χ0v) is 9.42. The Morgan fingerprint density at radius 1 is 1.08 bits per heavy atom. The number of rotatable bonds is 1. The van der Waals surface area contributed by atoms with Crippen LogP contribution in [-0.2, 0) is 0 Å². The van der Waals surface area contributed by atoms with E-state index in [4.69, 9.17) is 0 Å². The molecule has 0 atom stereocenters. The van der Waals surface area contributed by atoms with Gasteiger partial charge in [0.25, 0.3) is 0 Å². The largest absolute Gasteiger partial charge is 0.325 e. The highest BCUT2D eigenvalue weighted by Crippen LogP contribution is 2.27. The highest BCUT2D eigenvalue weighted by atomic mass is 79.9. The quantitative estimate of drug-likeness (QED) is 0.702.